The quantitative estimate of drug-likeness (QED) is 0.881. The van der Waals surface area contributed by atoms with E-state index < -0.39 is 0 Å². The standard InChI is InChI=1S/C11H16ClNO2.ClH/c1-3-8(13)4-7-5-9(12)11(14)10(6-7)15-2;/h5-6,8,14H,3-4,13H2,1-2H3;1H. The number of benzene rings is 1. The number of phenols is 1. The number of phenolic OH excluding ortho intramolecular Hbond substituents is 1. The van der Waals surface area contributed by atoms with E-state index in [2.05, 4.69) is 0 Å². The summed E-state index contributed by atoms with van der Waals surface area (Å²) in [6, 6.07) is 3.58. The second-order valence-corrected chi connectivity index (χ2v) is 3.91. The molecule has 1 unspecified atom stereocenters. The molecule has 0 aliphatic heterocycles. The van der Waals surface area contributed by atoms with Gasteiger partial charge in [-0.15, -0.1) is 12.4 Å². The van der Waals surface area contributed by atoms with Crippen LogP contribution >= 0.6 is 24.0 Å². The number of rotatable bonds is 4. The van der Waals surface area contributed by atoms with Gasteiger partial charge in [0.15, 0.2) is 11.5 Å². The van der Waals surface area contributed by atoms with Gasteiger partial charge in [0.05, 0.1) is 12.1 Å². The fourth-order valence-electron chi connectivity index (χ4n) is 1.35. The zero-order valence-corrected chi connectivity index (χ0v) is 10.9. The molecule has 0 bridgehead atoms. The van der Waals surface area contributed by atoms with Gasteiger partial charge in [0.1, 0.15) is 0 Å². The van der Waals surface area contributed by atoms with Crippen LogP contribution in [0.3, 0.4) is 0 Å². The third kappa shape index (κ3) is 3.74. The molecule has 3 nitrogen and oxygen atoms in total. The molecule has 0 aliphatic carbocycles. The first-order chi connectivity index (χ1) is 7.08. The van der Waals surface area contributed by atoms with Crippen molar-refractivity contribution in [2.45, 2.75) is 25.8 Å². The molecule has 0 radical (unpaired) electrons. The van der Waals surface area contributed by atoms with Gasteiger partial charge in [-0.3, -0.25) is 0 Å². The molecule has 1 atom stereocenters. The van der Waals surface area contributed by atoms with E-state index in [1.165, 1.54) is 7.11 Å². The van der Waals surface area contributed by atoms with Crippen molar-refractivity contribution < 1.29 is 9.84 Å². The van der Waals surface area contributed by atoms with Crippen LogP contribution in [0.25, 0.3) is 0 Å². The Labute approximate surface area is 107 Å². The van der Waals surface area contributed by atoms with E-state index >= 15 is 0 Å². The van der Waals surface area contributed by atoms with E-state index in [0.29, 0.717) is 10.8 Å². The number of hydrogen-bond donors (Lipinski definition) is 2. The second-order valence-electron chi connectivity index (χ2n) is 3.50. The molecule has 0 fully saturated rings. The molecule has 1 rings (SSSR count). The van der Waals surface area contributed by atoms with Crippen molar-refractivity contribution in [1.82, 2.24) is 0 Å². The van der Waals surface area contributed by atoms with Gasteiger partial charge in [0.2, 0.25) is 0 Å². The fraction of sp³-hybridized carbons (Fsp3) is 0.455. The first kappa shape index (κ1) is 15.4. The lowest BCUT2D eigenvalue weighted by Gasteiger charge is -2.11. The lowest BCUT2D eigenvalue weighted by atomic mass is 10.0. The van der Waals surface area contributed by atoms with Crippen LogP contribution in [0.5, 0.6) is 11.5 Å². The Kier molecular flexibility index (Phi) is 6.56. The SMILES string of the molecule is CCC(N)Cc1cc(Cl)c(O)c(OC)c1.Cl. The molecule has 0 aliphatic rings. The molecule has 3 N–H and O–H groups in total. The first-order valence-corrected chi connectivity index (χ1v) is 5.27. The highest BCUT2D eigenvalue weighted by molar-refractivity contribution is 6.32. The van der Waals surface area contributed by atoms with Crippen molar-refractivity contribution in [2.75, 3.05) is 7.11 Å². The fourth-order valence-corrected chi connectivity index (χ4v) is 1.58. The average molecular weight is 266 g/mol. The minimum Gasteiger partial charge on any atom is -0.503 e. The Morgan fingerprint density at radius 1 is 1.50 bits per heavy atom. The van der Waals surface area contributed by atoms with Crippen molar-refractivity contribution in [2.24, 2.45) is 5.73 Å². The molecule has 0 amide bonds. The van der Waals surface area contributed by atoms with E-state index in [1.807, 2.05) is 6.92 Å². The van der Waals surface area contributed by atoms with E-state index in [-0.39, 0.29) is 24.2 Å². The summed E-state index contributed by atoms with van der Waals surface area (Å²) < 4.78 is 5.01. The third-order valence-corrected chi connectivity index (χ3v) is 2.62. The molecule has 0 spiro atoms. The van der Waals surface area contributed by atoms with Crippen molar-refractivity contribution >= 4 is 24.0 Å². The van der Waals surface area contributed by atoms with Crippen LogP contribution in [0.1, 0.15) is 18.9 Å². The summed E-state index contributed by atoms with van der Waals surface area (Å²) in [4.78, 5) is 0. The highest BCUT2D eigenvalue weighted by atomic mass is 35.5. The van der Waals surface area contributed by atoms with Gasteiger partial charge in [-0.1, -0.05) is 18.5 Å². The number of halogens is 2. The molecule has 0 aromatic heterocycles. The summed E-state index contributed by atoms with van der Waals surface area (Å²) >= 11 is 5.85. The lowest BCUT2D eigenvalue weighted by Crippen LogP contribution is -2.21. The first-order valence-electron chi connectivity index (χ1n) is 4.89. The molecule has 1 aromatic rings. The number of aromatic hydroxyl groups is 1. The van der Waals surface area contributed by atoms with Crippen molar-refractivity contribution in [3.05, 3.63) is 22.7 Å². The lowest BCUT2D eigenvalue weighted by molar-refractivity contribution is 0.373. The molecule has 0 heterocycles. The highest BCUT2D eigenvalue weighted by Crippen LogP contribution is 2.35. The monoisotopic (exact) mass is 265 g/mol. The number of methoxy groups -OCH3 is 1. The molecular weight excluding hydrogens is 249 g/mol. The van der Waals surface area contributed by atoms with Gasteiger partial charge >= 0.3 is 0 Å². The van der Waals surface area contributed by atoms with Crippen LogP contribution in [0.15, 0.2) is 12.1 Å². The van der Waals surface area contributed by atoms with Gasteiger partial charge in [0, 0.05) is 6.04 Å². The molecule has 5 heteroatoms. The molecular formula is C11H17Cl2NO2. The maximum absolute atomic E-state index is 9.53. The van der Waals surface area contributed by atoms with E-state index in [1.54, 1.807) is 12.1 Å². The maximum atomic E-state index is 9.53. The minimum absolute atomic E-state index is 0. The van der Waals surface area contributed by atoms with Gasteiger partial charge in [0.25, 0.3) is 0 Å². The van der Waals surface area contributed by atoms with Crippen molar-refractivity contribution in [3.8, 4) is 11.5 Å². The number of hydrogen-bond acceptors (Lipinski definition) is 3. The molecule has 0 saturated carbocycles. The predicted molar refractivity (Wildman–Crippen MR) is 68.9 cm³/mol. The largest absolute Gasteiger partial charge is 0.503 e. The topological polar surface area (TPSA) is 55.5 Å². The van der Waals surface area contributed by atoms with Crippen LogP contribution < -0.4 is 10.5 Å². The smallest absolute Gasteiger partial charge is 0.176 e. The summed E-state index contributed by atoms with van der Waals surface area (Å²) in [6.45, 7) is 2.03. The van der Waals surface area contributed by atoms with Crippen LogP contribution in [-0.2, 0) is 6.42 Å². The van der Waals surface area contributed by atoms with Crippen LogP contribution in [0.4, 0.5) is 0 Å². The van der Waals surface area contributed by atoms with Crippen molar-refractivity contribution in [1.29, 1.82) is 0 Å². The predicted octanol–water partition coefficient (Wildman–Crippen LogP) is 2.76. The minimum atomic E-state index is -0.0204. The zero-order chi connectivity index (χ0) is 11.4. The second kappa shape index (κ2) is 6.84. The Balaban J connectivity index is 0.00000225. The van der Waals surface area contributed by atoms with Gasteiger partial charge in [-0.2, -0.15) is 0 Å². The molecule has 0 saturated heterocycles. The Hall–Kier alpha value is -0.640. The zero-order valence-electron chi connectivity index (χ0n) is 9.37. The average Bonchev–Trinajstić information content (AvgIpc) is 2.22. The Morgan fingerprint density at radius 2 is 2.12 bits per heavy atom. The van der Waals surface area contributed by atoms with E-state index in [9.17, 15) is 5.11 Å². The summed E-state index contributed by atoms with van der Waals surface area (Å²) in [5.41, 5.74) is 6.81. The number of ether oxygens (including phenoxy) is 1. The normalized spacial score (nSPS) is 11.8. The summed E-state index contributed by atoms with van der Waals surface area (Å²) in [5, 5.41) is 9.82. The Bertz CT molecular complexity index is 345. The van der Waals surface area contributed by atoms with Gasteiger partial charge < -0.3 is 15.6 Å². The third-order valence-electron chi connectivity index (χ3n) is 2.33. The van der Waals surface area contributed by atoms with Crippen LogP contribution in [0, 0.1) is 0 Å². The van der Waals surface area contributed by atoms with E-state index in [4.69, 9.17) is 22.1 Å². The summed E-state index contributed by atoms with van der Waals surface area (Å²) in [6.07, 6.45) is 1.63. The van der Waals surface area contributed by atoms with Gasteiger partial charge in [-0.05, 0) is 30.5 Å². The van der Waals surface area contributed by atoms with Gasteiger partial charge in [-0.25, -0.2) is 0 Å². The maximum Gasteiger partial charge on any atom is 0.176 e. The van der Waals surface area contributed by atoms with Crippen molar-refractivity contribution in [3.63, 3.8) is 0 Å². The van der Waals surface area contributed by atoms with Crippen LogP contribution in [-0.4, -0.2) is 18.3 Å². The highest BCUT2D eigenvalue weighted by Gasteiger charge is 2.10. The molecule has 16 heavy (non-hydrogen) atoms. The van der Waals surface area contributed by atoms with Crippen LogP contribution in [0.2, 0.25) is 5.02 Å². The summed E-state index contributed by atoms with van der Waals surface area (Å²) in [5.74, 6) is 0.369. The number of nitrogens with two attached hydrogens (primary N) is 1. The summed E-state index contributed by atoms with van der Waals surface area (Å²) in [7, 11) is 1.49. The molecule has 92 valence electrons. The Morgan fingerprint density at radius 3 is 2.62 bits per heavy atom. The molecule has 1 aromatic carbocycles. The van der Waals surface area contributed by atoms with E-state index in [0.717, 1.165) is 18.4 Å².